The number of aromatic nitrogens is 1. The maximum atomic E-state index is 11.8. The number of para-hydroxylation sites is 2. The highest BCUT2D eigenvalue weighted by Gasteiger charge is 2.06. The molecular weight excluding hydrogens is 258 g/mol. The lowest BCUT2D eigenvalue weighted by Crippen LogP contribution is -2.30. The number of ether oxygens (including phenoxy) is 1. The van der Waals surface area contributed by atoms with E-state index in [1.165, 1.54) is 0 Å². The van der Waals surface area contributed by atoms with Gasteiger partial charge in [-0.05, 0) is 19.1 Å². The molecule has 0 aliphatic heterocycles. The Morgan fingerprint density at radius 2 is 2.20 bits per heavy atom. The van der Waals surface area contributed by atoms with Gasteiger partial charge in [-0.1, -0.05) is 17.3 Å². The van der Waals surface area contributed by atoms with Gasteiger partial charge in [0.1, 0.15) is 11.5 Å². The highest BCUT2D eigenvalue weighted by Crippen LogP contribution is 2.22. The van der Waals surface area contributed by atoms with Crippen LogP contribution in [0.3, 0.4) is 0 Å². The molecule has 0 fully saturated rings. The first-order chi connectivity index (χ1) is 9.69. The molecule has 0 aliphatic rings. The molecule has 0 bridgehead atoms. The van der Waals surface area contributed by atoms with Gasteiger partial charge in [-0.15, -0.1) is 0 Å². The van der Waals surface area contributed by atoms with Gasteiger partial charge in [-0.25, -0.2) is 4.79 Å². The van der Waals surface area contributed by atoms with Crippen molar-refractivity contribution in [2.75, 3.05) is 19.0 Å². The number of aryl methyl sites for hydroxylation is 1. The first-order valence-electron chi connectivity index (χ1n) is 6.29. The smallest absolute Gasteiger partial charge is 0.319 e. The van der Waals surface area contributed by atoms with Gasteiger partial charge in [0.25, 0.3) is 0 Å². The van der Waals surface area contributed by atoms with Crippen LogP contribution in [0.5, 0.6) is 5.75 Å². The molecule has 0 spiro atoms. The lowest BCUT2D eigenvalue weighted by molar-refractivity contribution is 0.251. The second kappa shape index (κ2) is 6.60. The number of methoxy groups -OCH3 is 1. The Morgan fingerprint density at radius 3 is 2.90 bits per heavy atom. The van der Waals surface area contributed by atoms with Crippen molar-refractivity contribution in [3.8, 4) is 5.75 Å². The third kappa shape index (κ3) is 3.74. The van der Waals surface area contributed by atoms with Crippen LogP contribution < -0.4 is 15.4 Å². The van der Waals surface area contributed by atoms with Crippen molar-refractivity contribution in [2.24, 2.45) is 0 Å². The third-order valence-corrected chi connectivity index (χ3v) is 2.69. The number of carbonyl (C=O) groups excluding carboxylic acids is 1. The Bertz CT molecular complexity index is 581. The average Bonchev–Trinajstić information content (AvgIpc) is 2.85. The van der Waals surface area contributed by atoms with Crippen LogP contribution in [0.2, 0.25) is 0 Å². The van der Waals surface area contributed by atoms with Crippen molar-refractivity contribution < 1.29 is 14.1 Å². The largest absolute Gasteiger partial charge is 0.495 e. The van der Waals surface area contributed by atoms with Crippen molar-refractivity contribution in [1.82, 2.24) is 10.5 Å². The van der Waals surface area contributed by atoms with Gasteiger partial charge in [0.15, 0.2) is 0 Å². The summed E-state index contributed by atoms with van der Waals surface area (Å²) in [7, 11) is 1.56. The molecule has 2 amide bonds. The quantitative estimate of drug-likeness (QED) is 0.878. The van der Waals surface area contributed by atoms with Crippen molar-refractivity contribution in [3.63, 3.8) is 0 Å². The average molecular weight is 275 g/mol. The molecule has 2 N–H and O–H groups in total. The van der Waals surface area contributed by atoms with Crippen LogP contribution in [-0.2, 0) is 6.42 Å². The SMILES string of the molecule is COc1ccccc1NC(=O)NCCc1cc(C)no1. The van der Waals surface area contributed by atoms with Crippen LogP contribution in [0.1, 0.15) is 11.5 Å². The van der Waals surface area contributed by atoms with Gasteiger partial charge in [-0.3, -0.25) is 0 Å². The molecule has 0 saturated carbocycles. The van der Waals surface area contributed by atoms with E-state index in [9.17, 15) is 4.79 Å². The van der Waals surface area contributed by atoms with E-state index in [0.29, 0.717) is 24.4 Å². The summed E-state index contributed by atoms with van der Waals surface area (Å²) in [5, 5.41) is 9.26. The highest BCUT2D eigenvalue weighted by atomic mass is 16.5. The van der Waals surface area contributed by atoms with Crippen molar-refractivity contribution in [1.29, 1.82) is 0 Å². The molecule has 20 heavy (non-hydrogen) atoms. The van der Waals surface area contributed by atoms with Crippen LogP contribution in [0.4, 0.5) is 10.5 Å². The maximum absolute atomic E-state index is 11.8. The molecule has 1 aromatic heterocycles. The molecular formula is C14H17N3O3. The fourth-order valence-corrected chi connectivity index (χ4v) is 1.75. The molecule has 6 heteroatoms. The van der Waals surface area contributed by atoms with Crippen molar-refractivity contribution >= 4 is 11.7 Å². The molecule has 0 saturated heterocycles. The first kappa shape index (κ1) is 13.9. The fraction of sp³-hybridized carbons (Fsp3) is 0.286. The number of urea groups is 1. The van der Waals surface area contributed by atoms with E-state index in [1.807, 2.05) is 25.1 Å². The first-order valence-corrected chi connectivity index (χ1v) is 6.29. The Balaban J connectivity index is 1.80. The maximum Gasteiger partial charge on any atom is 0.319 e. The number of hydrogen-bond donors (Lipinski definition) is 2. The van der Waals surface area contributed by atoms with E-state index in [4.69, 9.17) is 9.26 Å². The molecule has 0 atom stereocenters. The standard InChI is InChI=1S/C14H17N3O3/c1-10-9-11(20-17-10)7-8-15-14(18)16-12-5-3-4-6-13(12)19-2/h3-6,9H,7-8H2,1-2H3,(H2,15,16,18). The minimum absolute atomic E-state index is 0.286. The van der Waals surface area contributed by atoms with Gasteiger partial charge < -0.3 is 19.9 Å². The third-order valence-electron chi connectivity index (χ3n) is 2.69. The zero-order chi connectivity index (χ0) is 14.4. The molecule has 1 aromatic carbocycles. The van der Waals surface area contributed by atoms with E-state index in [1.54, 1.807) is 19.2 Å². The molecule has 2 aromatic rings. The van der Waals surface area contributed by atoms with E-state index < -0.39 is 0 Å². The minimum atomic E-state index is -0.286. The zero-order valence-corrected chi connectivity index (χ0v) is 11.5. The number of rotatable bonds is 5. The number of hydrogen-bond acceptors (Lipinski definition) is 4. The number of nitrogens with zero attached hydrogens (tertiary/aromatic N) is 1. The van der Waals surface area contributed by atoms with Gasteiger partial charge in [0.05, 0.1) is 18.5 Å². The summed E-state index contributed by atoms with van der Waals surface area (Å²) in [6.07, 6.45) is 0.597. The summed E-state index contributed by atoms with van der Waals surface area (Å²) in [6, 6.07) is 8.79. The predicted octanol–water partition coefficient (Wildman–Crippen LogP) is 2.36. The number of amides is 2. The molecule has 106 valence electrons. The van der Waals surface area contributed by atoms with Gasteiger partial charge in [0.2, 0.25) is 0 Å². The van der Waals surface area contributed by atoms with Gasteiger partial charge >= 0.3 is 6.03 Å². The van der Waals surface area contributed by atoms with E-state index in [-0.39, 0.29) is 6.03 Å². The molecule has 0 radical (unpaired) electrons. The number of benzene rings is 1. The Kier molecular flexibility index (Phi) is 4.60. The Hall–Kier alpha value is -2.50. The van der Waals surface area contributed by atoms with E-state index >= 15 is 0 Å². The summed E-state index contributed by atoms with van der Waals surface area (Å²) >= 11 is 0. The van der Waals surface area contributed by atoms with Crippen LogP contribution in [0.15, 0.2) is 34.9 Å². The van der Waals surface area contributed by atoms with Crippen LogP contribution in [-0.4, -0.2) is 24.8 Å². The summed E-state index contributed by atoms with van der Waals surface area (Å²) in [6.45, 7) is 2.32. The Labute approximate surface area is 117 Å². The second-order valence-electron chi connectivity index (χ2n) is 4.27. The fourth-order valence-electron chi connectivity index (χ4n) is 1.75. The van der Waals surface area contributed by atoms with Crippen LogP contribution in [0.25, 0.3) is 0 Å². The topological polar surface area (TPSA) is 76.4 Å². The number of carbonyl (C=O) groups is 1. The minimum Gasteiger partial charge on any atom is -0.495 e. The number of nitrogens with one attached hydrogen (secondary N) is 2. The summed E-state index contributed by atoms with van der Waals surface area (Å²) in [5.41, 5.74) is 1.46. The van der Waals surface area contributed by atoms with Crippen molar-refractivity contribution in [2.45, 2.75) is 13.3 Å². The lowest BCUT2D eigenvalue weighted by atomic mass is 10.3. The van der Waals surface area contributed by atoms with E-state index in [2.05, 4.69) is 15.8 Å². The van der Waals surface area contributed by atoms with Gasteiger partial charge in [-0.2, -0.15) is 0 Å². The van der Waals surface area contributed by atoms with Crippen LogP contribution >= 0.6 is 0 Å². The molecule has 0 unspecified atom stereocenters. The van der Waals surface area contributed by atoms with Crippen molar-refractivity contribution in [3.05, 3.63) is 41.8 Å². The summed E-state index contributed by atoms with van der Waals surface area (Å²) < 4.78 is 10.2. The van der Waals surface area contributed by atoms with Gasteiger partial charge in [0, 0.05) is 19.0 Å². The number of anilines is 1. The monoisotopic (exact) mass is 275 g/mol. The summed E-state index contributed by atoms with van der Waals surface area (Å²) in [5.74, 6) is 1.37. The highest BCUT2D eigenvalue weighted by molar-refractivity contribution is 5.90. The normalized spacial score (nSPS) is 10.1. The van der Waals surface area contributed by atoms with E-state index in [0.717, 1.165) is 11.5 Å². The molecule has 6 nitrogen and oxygen atoms in total. The Morgan fingerprint density at radius 1 is 1.40 bits per heavy atom. The lowest BCUT2D eigenvalue weighted by Gasteiger charge is -2.10. The molecule has 1 heterocycles. The molecule has 0 aliphatic carbocycles. The second-order valence-corrected chi connectivity index (χ2v) is 4.27. The van der Waals surface area contributed by atoms with Crippen LogP contribution in [0, 0.1) is 6.92 Å². The summed E-state index contributed by atoms with van der Waals surface area (Å²) in [4.78, 5) is 11.8. The zero-order valence-electron chi connectivity index (χ0n) is 11.5. The molecule has 2 rings (SSSR count). The predicted molar refractivity (Wildman–Crippen MR) is 75.0 cm³/mol.